The molecule has 54 heavy (non-hydrogen) atoms. The summed E-state index contributed by atoms with van der Waals surface area (Å²) in [4.78, 5) is 22.5. The van der Waals surface area contributed by atoms with Crippen LogP contribution in [0, 0.1) is 0 Å². The summed E-state index contributed by atoms with van der Waals surface area (Å²) in [5, 5.41) is 0. The monoisotopic (exact) mass is 738 g/mol. The summed E-state index contributed by atoms with van der Waals surface area (Å²) >= 11 is 3.35. The van der Waals surface area contributed by atoms with Gasteiger partial charge >= 0.3 is 0 Å². The Bertz CT molecular complexity index is 2580. The summed E-state index contributed by atoms with van der Waals surface area (Å²) in [5.74, 6) is 1.63. The number of benzene rings is 4. The fourth-order valence-corrected chi connectivity index (χ4v) is 8.62. The van der Waals surface area contributed by atoms with Crippen molar-refractivity contribution in [1.82, 2.24) is 19.9 Å². The summed E-state index contributed by atoms with van der Waals surface area (Å²) in [7, 11) is 3.37. The second-order valence-electron chi connectivity index (χ2n) is 12.7. The van der Waals surface area contributed by atoms with Crippen molar-refractivity contribution in [3.05, 3.63) is 156 Å². The van der Waals surface area contributed by atoms with Crippen LogP contribution in [0.15, 0.2) is 153 Å². The first kappa shape index (κ1) is 33.6. The maximum atomic E-state index is 5.46. The molecule has 0 saturated heterocycles. The highest BCUT2D eigenvalue weighted by Crippen LogP contribution is 2.41. The van der Waals surface area contributed by atoms with Crippen molar-refractivity contribution in [2.24, 2.45) is 0 Å². The highest BCUT2D eigenvalue weighted by Gasteiger charge is 2.19. The first-order valence-electron chi connectivity index (χ1n) is 17.5. The van der Waals surface area contributed by atoms with E-state index in [4.69, 9.17) is 19.4 Å². The number of aromatic amines is 2. The number of nitrogens with zero attached hydrogens (tertiary/aromatic N) is 2. The van der Waals surface area contributed by atoms with Crippen LogP contribution in [0.25, 0.3) is 68.6 Å². The van der Waals surface area contributed by atoms with Gasteiger partial charge in [0.25, 0.3) is 0 Å². The minimum absolute atomic E-state index is 0.812. The summed E-state index contributed by atoms with van der Waals surface area (Å²) in [6.45, 7) is 0. The Morgan fingerprint density at radius 1 is 0.407 bits per heavy atom. The molecule has 0 fully saturated rings. The lowest BCUT2D eigenvalue weighted by Crippen LogP contribution is -1.90. The summed E-state index contributed by atoms with van der Waals surface area (Å²) in [5.41, 5.74) is 11.6. The molecule has 0 radical (unpaired) electrons. The van der Waals surface area contributed by atoms with E-state index < -0.39 is 0 Å². The predicted molar refractivity (Wildman–Crippen MR) is 224 cm³/mol. The lowest BCUT2D eigenvalue weighted by molar-refractivity contribution is 0.414. The first-order chi connectivity index (χ1) is 26.6. The molecule has 4 aromatic carbocycles. The number of ether oxygens (including phenoxy) is 2. The Morgan fingerprint density at radius 2 is 0.796 bits per heavy atom. The van der Waals surface area contributed by atoms with Crippen LogP contribution in [-0.2, 0) is 0 Å². The van der Waals surface area contributed by atoms with Gasteiger partial charge in [-0.25, -0.2) is 9.97 Å². The fourth-order valence-electron chi connectivity index (χ4n) is 6.71. The van der Waals surface area contributed by atoms with Gasteiger partial charge in [0.15, 0.2) is 0 Å². The Hall–Kier alpha value is -6.22. The van der Waals surface area contributed by atoms with Crippen LogP contribution in [0.3, 0.4) is 0 Å². The fraction of sp³-hybridized carbons (Fsp3) is 0.0435. The number of fused-ring (bicyclic) bond motifs is 8. The molecule has 0 aliphatic carbocycles. The molecular weight excluding hydrogens is 705 g/mol. The van der Waals surface area contributed by atoms with Crippen LogP contribution in [0.4, 0.5) is 0 Å². The van der Waals surface area contributed by atoms with Gasteiger partial charge in [0.1, 0.15) is 11.5 Å². The van der Waals surface area contributed by atoms with Crippen molar-refractivity contribution in [3.63, 3.8) is 0 Å². The van der Waals surface area contributed by atoms with E-state index in [9.17, 15) is 0 Å². The Morgan fingerprint density at radius 3 is 1.22 bits per heavy atom. The predicted octanol–water partition coefficient (Wildman–Crippen LogP) is 12.3. The molecule has 2 N–H and O–H groups in total. The number of nitrogens with one attached hydrogen (secondary N) is 2. The van der Waals surface area contributed by atoms with Crippen molar-refractivity contribution < 1.29 is 9.47 Å². The highest BCUT2D eigenvalue weighted by atomic mass is 32.2. The molecule has 8 bridgehead atoms. The number of hydrogen-bond acceptors (Lipinski definition) is 6. The van der Waals surface area contributed by atoms with E-state index in [1.54, 1.807) is 37.7 Å². The van der Waals surface area contributed by atoms with Crippen LogP contribution in [-0.4, -0.2) is 34.2 Å². The molecule has 0 unspecified atom stereocenters. The van der Waals surface area contributed by atoms with Gasteiger partial charge in [-0.1, -0.05) is 84.2 Å². The maximum absolute atomic E-state index is 5.46. The third kappa shape index (κ3) is 6.62. The minimum atomic E-state index is 0.812. The molecule has 2 aliphatic heterocycles. The quantitative estimate of drug-likeness (QED) is 0.162. The molecular formula is C46H34N4O2S2. The third-order valence-electron chi connectivity index (χ3n) is 9.34. The van der Waals surface area contributed by atoms with Gasteiger partial charge in [-0.15, -0.1) is 0 Å². The van der Waals surface area contributed by atoms with E-state index in [2.05, 4.69) is 131 Å². The second-order valence-corrected chi connectivity index (χ2v) is 14.9. The molecule has 5 heterocycles. The van der Waals surface area contributed by atoms with Gasteiger partial charge in [0.2, 0.25) is 0 Å². The van der Waals surface area contributed by atoms with Crippen molar-refractivity contribution in [1.29, 1.82) is 0 Å². The van der Waals surface area contributed by atoms with Crippen molar-refractivity contribution in [2.45, 2.75) is 19.6 Å². The Balaban J connectivity index is 1.37. The van der Waals surface area contributed by atoms with E-state index in [0.29, 0.717) is 0 Å². The van der Waals surface area contributed by atoms with E-state index >= 15 is 0 Å². The molecule has 0 atom stereocenters. The maximum Gasteiger partial charge on any atom is 0.118 e. The molecule has 9 rings (SSSR count). The lowest BCUT2D eigenvalue weighted by Gasteiger charge is -2.07. The van der Waals surface area contributed by atoms with Crippen molar-refractivity contribution in [3.8, 4) is 33.8 Å². The SMILES string of the molecule is COc1ccc(Sc2c3nc(c(-c4ccccc4)c4ccc([nH]4)c(Sc4ccc(OC)cc4)c4ccc([nH]4)c(-c4ccccc4)c4nc2C=C4)C=C3)cc1. The molecule has 3 aromatic heterocycles. The average Bonchev–Trinajstić information content (AvgIpc) is 4.07. The van der Waals surface area contributed by atoms with Gasteiger partial charge in [0.05, 0.1) is 57.8 Å². The Kier molecular flexibility index (Phi) is 9.12. The number of aromatic nitrogens is 4. The van der Waals surface area contributed by atoms with Gasteiger partial charge in [-0.3, -0.25) is 0 Å². The average molecular weight is 739 g/mol. The molecule has 0 amide bonds. The minimum Gasteiger partial charge on any atom is -0.497 e. The summed E-state index contributed by atoms with van der Waals surface area (Å²) in [6, 6.07) is 45.9. The zero-order valence-corrected chi connectivity index (χ0v) is 31.2. The molecule has 2 aliphatic rings. The molecule has 262 valence electrons. The third-order valence-corrected chi connectivity index (χ3v) is 11.6. The van der Waals surface area contributed by atoms with Crippen LogP contribution < -0.4 is 9.47 Å². The topological polar surface area (TPSA) is 75.8 Å². The van der Waals surface area contributed by atoms with E-state index in [-0.39, 0.29) is 0 Å². The lowest BCUT2D eigenvalue weighted by atomic mass is 10.0. The normalized spacial score (nSPS) is 11.9. The molecule has 0 spiro atoms. The number of hydrogen-bond donors (Lipinski definition) is 2. The summed E-state index contributed by atoms with van der Waals surface area (Å²) < 4.78 is 10.9. The van der Waals surface area contributed by atoms with Crippen LogP contribution in [0.2, 0.25) is 0 Å². The Labute approximate surface area is 321 Å². The van der Waals surface area contributed by atoms with Gasteiger partial charge in [0, 0.05) is 32.0 Å². The molecule has 0 saturated carbocycles. The van der Waals surface area contributed by atoms with Gasteiger partial charge in [-0.05, 0) is 108 Å². The molecule has 6 nitrogen and oxygen atoms in total. The van der Waals surface area contributed by atoms with Gasteiger partial charge < -0.3 is 19.4 Å². The zero-order chi connectivity index (χ0) is 36.4. The zero-order valence-electron chi connectivity index (χ0n) is 29.5. The standard InChI is InChI=1S/C46H34N4O2S2/c1-51-31-13-17-33(18-14-31)53-45-39-25-21-35(47-39)43(29-9-5-3-6-10-29)37-23-27-41(49-37)46(54-34-19-15-32(52-2)16-20-34)42-28-24-38(50-42)44(30-11-7-4-8-12-30)36-22-26-40(45)48-36/h3-28,47-48H,1-2H3. The second kappa shape index (κ2) is 14.7. The summed E-state index contributed by atoms with van der Waals surface area (Å²) in [6.07, 6.45) is 8.44. The van der Waals surface area contributed by atoms with E-state index in [1.165, 1.54) is 0 Å². The number of H-pyrrole nitrogens is 2. The molecule has 7 aromatic rings. The number of methoxy groups -OCH3 is 2. The smallest absolute Gasteiger partial charge is 0.118 e. The first-order valence-corrected chi connectivity index (χ1v) is 19.2. The van der Waals surface area contributed by atoms with Crippen molar-refractivity contribution >= 4 is 69.9 Å². The van der Waals surface area contributed by atoms with E-state index in [1.807, 2.05) is 36.4 Å². The van der Waals surface area contributed by atoms with E-state index in [0.717, 1.165) is 98.2 Å². The van der Waals surface area contributed by atoms with Crippen LogP contribution in [0.5, 0.6) is 11.5 Å². The van der Waals surface area contributed by atoms with Gasteiger partial charge in [-0.2, -0.15) is 0 Å². The number of rotatable bonds is 8. The largest absolute Gasteiger partial charge is 0.497 e. The highest BCUT2D eigenvalue weighted by molar-refractivity contribution is 8.00. The van der Waals surface area contributed by atoms with Crippen molar-refractivity contribution in [2.75, 3.05) is 14.2 Å². The van der Waals surface area contributed by atoms with Crippen LogP contribution >= 0.6 is 23.5 Å². The molecule has 8 heteroatoms. The van der Waals surface area contributed by atoms with Crippen LogP contribution in [0.1, 0.15) is 22.8 Å².